The standard InChI is InChI=1S/C10H17N5O/c1-3-8-9(12-13-14(8)2)10(16)15-6-4-11-5-7-15/h11H,3-7H2,1-2H3. The summed E-state index contributed by atoms with van der Waals surface area (Å²) in [6.45, 7) is 5.21. The number of hydrogen-bond donors (Lipinski definition) is 1. The molecule has 0 spiro atoms. The van der Waals surface area contributed by atoms with Crippen molar-refractivity contribution in [2.45, 2.75) is 13.3 Å². The number of nitrogens with one attached hydrogen (secondary N) is 1. The average Bonchev–Trinajstić information content (AvgIpc) is 2.70. The zero-order valence-corrected chi connectivity index (χ0v) is 9.73. The van der Waals surface area contributed by atoms with Crippen molar-refractivity contribution in [3.8, 4) is 0 Å². The molecule has 6 heteroatoms. The molecule has 0 aromatic carbocycles. The zero-order chi connectivity index (χ0) is 11.5. The largest absolute Gasteiger partial charge is 0.335 e. The summed E-state index contributed by atoms with van der Waals surface area (Å²) in [5.41, 5.74) is 1.41. The van der Waals surface area contributed by atoms with Crippen molar-refractivity contribution in [1.82, 2.24) is 25.2 Å². The van der Waals surface area contributed by atoms with E-state index >= 15 is 0 Å². The number of amides is 1. The lowest BCUT2D eigenvalue weighted by atomic mass is 10.2. The van der Waals surface area contributed by atoms with Crippen molar-refractivity contribution in [3.63, 3.8) is 0 Å². The molecule has 0 radical (unpaired) electrons. The van der Waals surface area contributed by atoms with E-state index in [1.807, 2.05) is 18.9 Å². The fraction of sp³-hybridized carbons (Fsp3) is 0.700. The second-order valence-corrected chi connectivity index (χ2v) is 3.90. The van der Waals surface area contributed by atoms with Crippen LogP contribution in [-0.2, 0) is 13.5 Å². The van der Waals surface area contributed by atoms with Crippen LogP contribution in [0, 0.1) is 0 Å². The molecule has 2 heterocycles. The van der Waals surface area contributed by atoms with Gasteiger partial charge in [-0.3, -0.25) is 9.48 Å². The molecule has 0 bridgehead atoms. The molecular weight excluding hydrogens is 206 g/mol. The van der Waals surface area contributed by atoms with E-state index < -0.39 is 0 Å². The summed E-state index contributed by atoms with van der Waals surface area (Å²) in [6.07, 6.45) is 0.774. The third-order valence-electron chi connectivity index (χ3n) is 2.88. The van der Waals surface area contributed by atoms with E-state index in [0.717, 1.165) is 38.3 Å². The second kappa shape index (κ2) is 4.61. The summed E-state index contributed by atoms with van der Waals surface area (Å²) in [4.78, 5) is 14.0. The first-order valence-corrected chi connectivity index (χ1v) is 5.62. The van der Waals surface area contributed by atoms with Gasteiger partial charge in [-0.2, -0.15) is 0 Å². The van der Waals surface area contributed by atoms with Gasteiger partial charge in [0.25, 0.3) is 5.91 Å². The highest BCUT2D eigenvalue weighted by atomic mass is 16.2. The van der Waals surface area contributed by atoms with Crippen LogP contribution in [0.15, 0.2) is 0 Å². The highest BCUT2D eigenvalue weighted by molar-refractivity contribution is 5.93. The minimum absolute atomic E-state index is 0.00597. The quantitative estimate of drug-likeness (QED) is 0.729. The maximum absolute atomic E-state index is 12.2. The van der Waals surface area contributed by atoms with Crippen LogP contribution in [0.2, 0.25) is 0 Å². The van der Waals surface area contributed by atoms with E-state index in [1.54, 1.807) is 4.68 Å². The van der Waals surface area contributed by atoms with E-state index in [-0.39, 0.29) is 5.91 Å². The molecule has 0 unspecified atom stereocenters. The normalized spacial score (nSPS) is 16.5. The van der Waals surface area contributed by atoms with Crippen LogP contribution in [0.3, 0.4) is 0 Å². The van der Waals surface area contributed by atoms with Gasteiger partial charge in [0.2, 0.25) is 0 Å². The zero-order valence-electron chi connectivity index (χ0n) is 9.73. The molecule has 1 saturated heterocycles. The van der Waals surface area contributed by atoms with Crippen LogP contribution in [-0.4, -0.2) is 52.0 Å². The Kier molecular flexibility index (Phi) is 3.19. The van der Waals surface area contributed by atoms with Gasteiger partial charge in [-0.1, -0.05) is 12.1 Å². The number of carbonyl (C=O) groups is 1. The highest BCUT2D eigenvalue weighted by Crippen LogP contribution is 2.09. The molecule has 0 atom stereocenters. The van der Waals surface area contributed by atoms with Crippen LogP contribution in [0.4, 0.5) is 0 Å². The minimum atomic E-state index is 0.00597. The lowest BCUT2D eigenvalue weighted by molar-refractivity contribution is 0.0728. The monoisotopic (exact) mass is 223 g/mol. The van der Waals surface area contributed by atoms with Gasteiger partial charge in [0, 0.05) is 33.2 Å². The highest BCUT2D eigenvalue weighted by Gasteiger charge is 2.23. The van der Waals surface area contributed by atoms with Crippen LogP contribution in [0.1, 0.15) is 23.1 Å². The Bertz CT molecular complexity index is 381. The molecule has 16 heavy (non-hydrogen) atoms. The van der Waals surface area contributed by atoms with Crippen LogP contribution >= 0.6 is 0 Å². The van der Waals surface area contributed by atoms with Gasteiger partial charge in [-0.05, 0) is 6.42 Å². The smallest absolute Gasteiger partial charge is 0.276 e. The minimum Gasteiger partial charge on any atom is -0.335 e. The lowest BCUT2D eigenvalue weighted by Crippen LogP contribution is -2.46. The number of rotatable bonds is 2. The van der Waals surface area contributed by atoms with Gasteiger partial charge in [-0.25, -0.2) is 0 Å². The van der Waals surface area contributed by atoms with E-state index in [4.69, 9.17) is 0 Å². The molecule has 1 aliphatic heterocycles. The maximum atomic E-state index is 12.2. The Morgan fingerprint density at radius 2 is 2.12 bits per heavy atom. The summed E-state index contributed by atoms with van der Waals surface area (Å²) in [5, 5.41) is 11.1. The Morgan fingerprint density at radius 3 is 2.75 bits per heavy atom. The molecule has 2 rings (SSSR count). The predicted molar refractivity (Wildman–Crippen MR) is 59.2 cm³/mol. The van der Waals surface area contributed by atoms with Gasteiger partial charge in [0.05, 0.1) is 5.69 Å². The summed E-state index contributed by atoms with van der Waals surface area (Å²) in [7, 11) is 1.82. The molecule has 0 saturated carbocycles. The van der Waals surface area contributed by atoms with Crippen molar-refractivity contribution in [2.24, 2.45) is 7.05 Å². The van der Waals surface area contributed by atoms with Crippen LogP contribution in [0.5, 0.6) is 0 Å². The average molecular weight is 223 g/mol. The molecule has 1 N–H and O–H groups in total. The van der Waals surface area contributed by atoms with E-state index in [1.165, 1.54) is 0 Å². The number of aromatic nitrogens is 3. The topological polar surface area (TPSA) is 63.1 Å². The van der Waals surface area contributed by atoms with Crippen molar-refractivity contribution in [1.29, 1.82) is 0 Å². The van der Waals surface area contributed by atoms with Crippen molar-refractivity contribution in [2.75, 3.05) is 26.2 Å². The van der Waals surface area contributed by atoms with Gasteiger partial charge in [0.15, 0.2) is 5.69 Å². The molecule has 1 aliphatic rings. The van der Waals surface area contributed by atoms with E-state index in [2.05, 4.69) is 15.6 Å². The number of nitrogens with zero attached hydrogens (tertiary/aromatic N) is 4. The molecule has 88 valence electrons. The van der Waals surface area contributed by atoms with Crippen LogP contribution in [0.25, 0.3) is 0 Å². The van der Waals surface area contributed by atoms with Gasteiger partial charge >= 0.3 is 0 Å². The summed E-state index contributed by atoms with van der Waals surface area (Å²) in [5.74, 6) is 0.00597. The van der Waals surface area contributed by atoms with Gasteiger partial charge in [0.1, 0.15) is 0 Å². The molecule has 1 aromatic heterocycles. The Hall–Kier alpha value is -1.43. The number of carbonyl (C=O) groups excluding carboxylic acids is 1. The molecule has 1 aromatic rings. The first kappa shape index (κ1) is 11.1. The molecule has 1 amide bonds. The summed E-state index contributed by atoms with van der Waals surface area (Å²) >= 11 is 0. The van der Waals surface area contributed by atoms with E-state index in [0.29, 0.717) is 5.69 Å². The van der Waals surface area contributed by atoms with E-state index in [9.17, 15) is 4.79 Å². The molecule has 1 fully saturated rings. The fourth-order valence-corrected chi connectivity index (χ4v) is 1.96. The number of hydrogen-bond acceptors (Lipinski definition) is 4. The first-order valence-electron chi connectivity index (χ1n) is 5.62. The molecule has 0 aliphatic carbocycles. The maximum Gasteiger partial charge on any atom is 0.276 e. The van der Waals surface area contributed by atoms with Crippen molar-refractivity contribution < 1.29 is 4.79 Å². The van der Waals surface area contributed by atoms with Gasteiger partial charge < -0.3 is 10.2 Å². The number of aryl methyl sites for hydroxylation is 1. The third-order valence-corrected chi connectivity index (χ3v) is 2.88. The van der Waals surface area contributed by atoms with Crippen molar-refractivity contribution >= 4 is 5.91 Å². The van der Waals surface area contributed by atoms with Gasteiger partial charge in [-0.15, -0.1) is 5.10 Å². The Labute approximate surface area is 94.6 Å². The van der Waals surface area contributed by atoms with Crippen LogP contribution < -0.4 is 5.32 Å². The van der Waals surface area contributed by atoms with Crippen molar-refractivity contribution in [3.05, 3.63) is 11.4 Å². The SMILES string of the molecule is CCc1c(C(=O)N2CCNCC2)nnn1C. The lowest BCUT2D eigenvalue weighted by Gasteiger charge is -2.26. The fourth-order valence-electron chi connectivity index (χ4n) is 1.96. The predicted octanol–water partition coefficient (Wildman–Crippen LogP) is -0.577. The molecular formula is C10H17N5O. The Morgan fingerprint density at radius 1 is 1.44 bits per heavy atom. The third kappa shape index (κ3) is 1.92. The Balaban J connectivity index is 2.19. The summed E-state index contributed by atoms with van der Waals surface area (Å²) < 4.78 is 1.68. The first-order chi connectivity index (χ1) is 7.74. The second-order valence-electron chi connectivity index (χ2n) is 3.90. The number of piperazine rings is 1. The molecule has 6 nitrogen and oxygen atoms in total. The summed E-state index contributed by atoms with van der Waals surface area (Å²) in [6, 6.07) is 0.